The van der Waals surface area contributed by atoms with E-state index in [4.69, 9.17) is 4.74 Å². The molecule has 2 heterocycles. The summed E-state index contributed by atoms with van der Waals surface area (Å²) in [7, 11) is 1.81. The van der Waals surface area contributed by atoms with Gasteiger partial charge in [-0.25, -0.2) is 4.79 Å². The van der Waals surface area contributed by atoms with Crippen LogP contribution in [0.2, 0.25) is 0 Å². The lowest BCUT2D eigenvalue weighted by Crippen LogP contribution is -2.08. The Hall–Kier alpha value is -2.18. The molecule has 90 valence electrons. The zero-order valence-corrected chi connectivity index (χ0v) is 9.91. The Labute approximate surface area is 98.0 Å². The van der Waals surface area contributed by atoms with Gasteiger partial charge in [0.1, 0.15) is 0 Å². The predicted molar refractivity (Wildman–Crippen MR) is 58.8 cm³/mol. The third-order valence-electron chi connectivity index (χ3n) is 2.28. The van der Waals surface area contributed by atoms with E-state index in [0.717, 1.165) is 0 Å². The van der Waals surface area contributed by atoms with Crippen LogP contribution in [-0.2, 0) is 11.8 Å². The predicted octanol–water partition coefficient (Wildman–Crippen LogP) is 0.486. The molecule has 2 aromatic rings. The largest absolute Gasteiger partial charge is 0.461 e. The minimum absolute atomic E-state index is 0.220. The molecule has 0 saturated heterocycles. The van der Waals surface area contributed by atoms with Crippen molar-refractivity contribution in [3.05, 3.63) is 23.7 Å². The zero-order chi connectivity index (χ0) is 12.4. The van der Waals surface area contributed by atoms with Crippen LogP contribution in [0.1, 0.15) is 23.1 Å². The molecule has 7 nitrogen and oxygen atoms in total. The van der Waals surface area contributed by atoms with Crippen LogP contribution in [0.3, 0.4) is 0 Å². The van der Waals surface area contributed by atoms with Crippen LogP contribution < -0.4 is 0 Å². The summed E-state index contributed by atoms with van der Waals surface area (Å²) in [5.74, 6) is 0.153. The molecule has 0 aromatic carbocycles. The molecule has 2 aromatic heterocycles. The van der Waals surface area contributed by atoms with Crippen LogP contribution in [-0.4, -0.2) is 37.4 Å². The van der Waals surface area contributed by atoms with Gasteiger partial charge in [-0.3, -0.25) is 4.68 Å². The van der Waals surface area contributed by atoms with Gasteiger partial charge in [0.2, 0.25) is 0 Å². The second-order valence-electron chi connectivity index (χ2n) is 3.50. The zero-order valence-electron chi connectivity index (χ0n) is 9.91. The lowest BCUT2D eigenvalue weighted by molar-refractivity contribution is 0.0518. The van der Waals surface area contributed by atoms with Gasteiger partial charge in [0, 0.05) is 19.3 Å². The molecule has 0 saturated carbocycles. The van der Waals surface area contributed by atoms with Gasteiger partial charge in [0.25, 0.3) is 0 Å². The number of rotatable bonds is 3. The van der Waals surface area contributed by atoms with E-state index in [2.05, 4.69) is 15.4 Å². The maximum absolute atomic E-state index is 11.6. The van der Waals surface area contributed by atoms with E-state index in [1.807, 2.05) is 7.05 Å². The molecular weight excluding hydrogens is 222 g/mol. The van der Waals surface area contributed by atoms with Crippen LogP contribution in [0.15, 0.2) is 12.3 Å². The Bertz CT molecular complexity index is 543. The first-order valence-corrected chi connectivity index (χ1v) is 5.23. The molecule has 0 radical (unpaired) electrons. The van der Waals surface area contributed by atoms with Crippen molar-refractivity contribution in [2.24, 2.45) is 7.05 Å². The van der Waals surface area contributed by atoms with Crippen LogP contribution in [0, 0.1) is 6.92 Å². The number of nitrogens with zero attached hydrogens (tertiary/aromatic N) is 5. The normalized spacial score (nSPS) is 10.5. The second-order valence-corrected chi connectivity index (χ2v) is 3.50. The summed E-state index contributed by atoms with van der Waals surface area (Å²) in [5.41, 5.74) is 0.833. The number of carbonyl (C=O) groups excluding carboxylic acids is 1. The summed E-state index contributed by atoms with van der Waals surface area (Å²) in [4.78, 5) is 11.6. The van der Waals surface area contributed by atoms with Crippen molar-refractivity contribution < 1.29 is 9.53 Å². The van der Waals surface area contributed by atoms with E-state index in [-0.39, 0.29) is 5.69 Å². The van der Waals surface area contributed by atoms with Gasteiger partial charge in [0.05, 0.1) is 12.3 Å². The van der Waals surface area contributed by atoms with E-state index in [1.54, 1.807) is 30.8 Å². The molecule has 7 heteroatoms. The summed E-state index contributed by atoms with van der Waals surface area (Å²) in [6.07, 6.45) is 1.79. The number of aryl methyl sites for hydroxylation is 1. The van der Waals surface area contributed by atoms with Crippen LogP contribution in [0.5, 0.6) is 0 Å². The molecule has 2 rings (SSSR count). The highest BCUT2D eigenvalue weighted by Crippen LogP contribution is 2.10. The van der Waals surface area contributed by atoms with Gasteiger partial charge in [-0.2, -0.15) is 9.78 Å². The smallest absolute Gasteiger partial charge is 0.360 e. The first-order valence-electron chi connectivity index (χ1n) is 5.23. The number of hydrogen-bond acceptors (Lipinski definition) is 5. The summed E-state index contributed by atoms with van der Waals surface area (Å²) >= 11 is 0. The van der Waals surface area contributed by atoms with Crippen molar-refractivity contribution >= 4 is 5.97 Å². The summed E-state index contributed by atoms with van der Waals surface area (Å²) in [6.45, 7) is 3.81. The van der Waals surface area contributed by atoms with Crippen molar-refractivity contribution in [2.45, 2.75) is 13.8 Å². The second kappa shape index (κ2) is 4.36. The highest BCUT2D eigenvalue weighted by molar-refractivity contribution is 5.88. The van der Waals surface area contributed by atoms with E-state index >= 15 is 0 Å². The van der Waals surface area contributed by atoms with Crippen molar-refractivity contribution in [2.75, 3.05) is 6.61 Å². The summed E-state index contributed by atoms with van der Waals surface area (Å²) in [6, 6.07) is 1.79. The van der Waals surface area contributed by atoms with Gasteiger partial charge < -0.3 is 4.74 Å². The van der Waals surface area contributed by atoms with Crippen LogP contribution in [0.25, 0.3) is 5.82 Å². The molecule has 0 fully saturated rings. The number of esters is 1. The maximum Gasteiger partial charge on any atom is 0.360 e. The van der Waals surface area contributed by atoms with Gasteiger partial charge in [-0.15, -0.1) is 5.10 Å². The monoisotopic (exact) mass is 235 g/mol. The first kappa shape index (κ1) is 11.3. The van der Waals surface area contributed by atoms with E-state index in [1.165, 1.54) is 4.68 Å². The van der Waals surface area contributed by atoms with Crippen molar-refractivity contribution in [1.29, 1.82) is 0 Å². The Morgan fingerprint density at radius 3 is 2.88 bits per heavy atom. The lowest BCUT2D eigenvalue weighted by Gasteiger charge is -2.00. The van der Waals surface area contributed by atoms with Crippen LogP contribution in [0.4, 0.5) is 0 Å². The minimum atomic E-state index is -0.466. The van der Waals surface area contributed by atoms with Crippen molar-refractivity contribution in [1.82, 2.24) is 24.8 Å². The highest BCUT2D eigenvalue weighted by atomic mass is 16.5. The number of hydrogen-bond donors (Lipinski definition) is 0. The Morgan fingerprint density at radius 2 is 2.29 bits per heavy atom. The molecule has 0 aliphatic carbocycles. The maximum atomic E-state index is 11.6. The molecule has 0 N–H and O–H groups in total. The van der Waals surface area contributed by atoms with Gasteiger partial charge >= 0.3 is 5.97 Å². The van der Waals surface area contributed by atoms with Gasteiger partial charge in [-0.1, -0.05) is 5.21 Å². The fraction of sp³-hybridized carbons (Fsp3) is 0.400. The molecule has 17 heavy (non-hydrogen) atoms. The average molecular weight is 235 g/mol. The first-order chi connectivity index (χ1) is 8.13. The van der Waals surface area contributed by atoms with Gasteiger partial charge in [-0.05, 0) is 13.8 Å². The molecule has 0 atom stereocenters. The minimum Gasteiger partial charge on any atom is -0.461 e. The standard InChI is InChI=1S/C10H13N5O2/c1-4-17-10(16)9-7(2)15(13-11-9)8-5-6-14(3)12-8/h5-6H,4H2,1-3H3. The highest BCUT2D eigenvalue weighted by Gasteiger charge is 2.18. The fourth-order valence-electron chi connectivity index (χ4n) is 1.45. The summed E-state index contributed by atoms with van der Waals surface area (Å²) in [5, 5.41) is 11.9. The molecule has 0 bridgehead atoms. The number of carbonyl (C=O) groups is 1. The van der Waals surface area contributed by atoms with Crippen molar-refractivity contribution in [3.8, 4) is 5.82 Å². The summed E-state index contributed by atoms with van der Waals surface area (Å²) < 4.78 is 8.04. The van der Waals surface area contributed by atoms with E-state index in [0.29, 0.717) is 18.1 Å². The number of aromatic nitrogens is 5. The molecule has 0 aliphatic heterocycles. The Balaban J connectivity index is 2.36. The fourth-order valence-corrected chi connectivity index (χ4v) is 1.45. The Morgan fingerprint density at radius 1 is 1.53 bits per heavy atom. The van der Waals surface area contributed by atoms with Crippen molar-refractivity contribution in [3.63, 3.8) is 0 Å². The van der Waals surface area contributed by atoms with Crippen LogP contribution >= 0.6 is 0 Å². The molecular formula is C10H13N5O2. The van der Waals surface area contributed by atoms with E-state index in [9.17, 15) is 4.79 Å². The third-order valence-corrected chi connectivity index (χ3v) is 2.28. The topological polar surface area (TPSA) is 74.8 Å². The average Bonchev–Trinajstić information content (AvgIpc) is 2.85. The third kappa shape index (κ3) is 2.03. The van der Waals surface area contributed by atoms with E-state index < -0.39 is 5.97 Å². The molecule has 0 amide bonds. The quantitative estimate of drug-likeness (QED) is 0.723. The molecule has 0 spiro atoms. The molecule has 0 unspecified atom stereocenters. The molecule has 0 aliphatic rings. The van der Waals surface area contributed by atoms with Gasteiger partial charge in [0.15, 0.2) is 11.5 Å². The lowest BCUT2D eigenvalue weighted by atomic mass is 10.3. The SMILES string of the molecule is CCOC(=O)c1nnn(-c2ccn(C)n2)c1C. The number of ether oxygens (including phenoxy) is 1. The Kier molecular flexibility index (Phi) is 2.90.